The van der Waals surface area contributed by atoms with Gasteiger partial charge in [-0.3, -0.25) is 0 Å². The molecule has 1 aliphatic heterocycles. The molecule has 5 nitrogen and oxygen atoms in total. The number of carbonyl (C=O) groups excluding carboxylic acids is 1. The van der Waals surface area contributed by atoms with E-state index in [1.165, 1.54) is 6.07 Å². The highest BCUT2D eigenvalue weighted by atomic mass is 32.1. The van der Waals surface area contributed by atoms with Gasteiger partial charge < -0.3 is 19.9 Å². The number of hydrogen-bond donors (Lipinski definition) is 1. The number of rotatable bonds is 7. The van der Waals surface area contributed by atoms with Crippen molar-refractivity contribution < 1.29 is 18.3 Å². The molecule has 1 aliphatic rings. The Morgan fingerprint density at radius 2 is 2.04 bits per heavy atom. The Balaban J connectivity index is 2.41. The van der Waals surface area contributed by atoms with E-state index >= 15 is 0 Å². The van der Waals surface area contributed by atoms with Crippen LogP contribution in [-0.4, -0.2) is 54.7 Å². The van der Waals surface area contributed by atoms with E-state index in [-0.39, 0.29) is 6.61 Å². The molecule has 1 N–H and O–H groups in total. The van der Waals surface area contributed by atoms with Crippen molar-refractivity contribution in [1.82, 2.24) is 15.1 Å². The molecule has 0 saturated heterocycles. The fourth-order valence-electron chi connectivity index (χ4n) is 3.01. The highest BCUT2D eigenvalue weighted by molar-refractivity contribution is 7.80. The molecular formula is C19H25F2N3O2S. The molecule has 0 saturated carbocycles. The first kappa shape index (κ1) is 21.2. The Morgan fingerprint density at radius 1 is 1.33 bits per heavy atom. The van der Waals surface area contributed by atoms with Crippen LogP contribution in [0.3, 0.4) is 0 Å². The first-order valence-corrected chi connectivity index (χ1v) is 9.22. The van der Waals surface area contributed by atoms with Gasteiger partial charge in [-0.1, -0.05) is 6.07 Å². The van der Waals surface area contributed by atoms with Crippen LogP contribution < -0.4 is 5.32 Å². The lowest BCUT2D eigenvalue weighted by molar-refractivity contribution is -0.139. The van der Waals surface area contributed by atoms with Crippen LogP contribution in [0.15, 0.2) is 29.5 Å². The average molecular weight is 397 g/mol. The second-order valence-corrected chi connectivity index (χ2v) is 6.97. The summed E-state index contributed by atoms with van der Waals surface area (Å²) in [5.74, 6) is -2.42. The largest absolute Gasteiger partial charge is 0.463 e. The van der Waals surface area contributed by atoms with Gasteiger partial charge in [-0.05, 0) is 70.8 Å². The first-order chi connectivity index (χ1) is 12.8. The second-order valence-electron chi connectivity index (χ2n) is 6.58. The molecule has 27 heavy (non-hydrogen) atoms. The van der Waals surface area contributed by atoms with E-state index in [4.69, 9.17) is 17.0 Å². The van der Waals surface area contributed by atoms with Crippen LogP contribution in [0.1, 0.15) is 31.9 Å². The molecule has 1 atom stereocenters. The molecule has 0 fully saturated rings. The summed E-state index contributed by atoms with van der Waals surface area (Å²) in [6.07, 6.45) is 0.845. The van der Waals surface area contributed by atoms with Gasteiger partial charge in [0.25, 0.3) is 0 Å². The van der Waals surface area contributed by atoms with Gasteiger partial charge in [-0.15, -0.1) is 0 Å². The predicted molar refractivity (Wildman–Crippen MR) is 104 cm³/mol. The predicted octanol–water partition coefficient (Wildman–Crippen LogP) is 2.98. The van der Waals surface area contributed by atoms with E-state index < -0.39 is 23.6 Å². The van der Waals surface area contributed by atoms with Crippen molar-refractivity contribution in [2.24, 2.45) is 0 Å². The summed E-state index contributed by atoms with van der Waals surface area (Å²) in [5, 5.41) is 3.52. The molecule has 0 aromatic heterocycles. The highest BCUT2D eigenvalue weighted by Gasteiger charge is 2.34. The van der Waals surface area contributed by atoms with Crippen molar-refractivity contribution >= 4 is 23.3 Å². The van der Waals surface area contributed by atoms with Crippen LogP contribution in [-0.2, 0) is 9.53 Å². The third-order valence-corrected chi connectivity index (χ3v) is 4.69. The molecular weight excluding hydrogens is 372 g/mol. The van der Waals surface area contributed by atoms with Crippen molar-refractivity contribution in [2.45, 2.75) is 26.3 Å². The molecule has 0 amide bonds. The van der Waals surface area contributed by atoms with Crippen LogP contribution in [0.2, 0.25) is 0 Å². The number of hydrogen-bond acceptors (Lipinski definition) is 4. The zero-order chi connectivity index (χ0) is 20.1. The Bertz CT molecular complexity index is 752. The standard InChI is InChI=1S/C19H25F2N3O2S/c1-5-26-18(25)16-12(2)24(10-6-9-23(3)4)19(27)22-17(16)13-7-8-14(20)15(21)11-13/h7-8,11,17H,5-6,9-10H2,1-4H3,(H,22,27)/t17-/m1/s1. The number of nitrogens with zero attached hydrogens (tertiary/aromatic N) is 2. The number of carbonyl (C=O) groups is 1. The fourth-order valence-corrected chi connectivity index (χ4v) is 3.36. The third kappa shape index (κ3) is 5.01. The fraction of sp³-hybridized carbons (Fsp3) is 0.474. The van der Waals surface area contributed by atoms with Gasteiger partial charge in [0, 0.05) is 12.2 Å². The number of halogens is 2. The maximum Gasteiger partial charge on any atom is 0.338 e. The lowest BCUT2D eigenvalue weighted by Crippen LogP contribution is -2.48. The summed E-state index contributed by atoms with van der Waals surface area (Å²) in [6, 6.07) is 2.85. The minimum atomic E-state index is -0.977. The minimum Gasteiger partial charge on any atom is -0.463 e. The monoisotopic (exact) mass is 397 g/mol. The summed E-state index contributed by atoms with van der Waals surface area (Å²) in [5.41, 5.74) is 1.42. The van der Waals surface area contributed by atoms with Gasteiger partial charge in [0.2, 0.25) is 0 Å². The Hall–Kier alpha value is -2.06. The lowest BCUT2D eigenvalue weighted by atomic mass is 9.94. The molecule has 1 heterocycles. The van der Waals surface area contributed by atoms with Gasteiger partial charge in [0.15, 0.2) is 16.7 Å². The van der Waals surface area contributed by atoms with Crippen LogP contribution >= 0.6 is 12.2 Å². The number of esters is 1. The maximum absolute atomic E-state index is 13.7. The SMILES string of the molecule is CCOC(=O)C1=C(C)N(CCCN(C)C)C(=S)N[C@@H]1c1ccc(F)c(F)c1. The first-order valence-electron chi connectivity index (χ1n) is 8.81. The number of thiocarbonyl (C=S) groups is 1. The van der Waals surface area contributed by atoms with E-state index in [9.17, 15) is 13.6 Å². The van der Waals surface area contributed by atoms with Crippen LogP contribution in [0.4, 0.5) is 8.78 Å². The third-order valence-electron chi connectivity index (χ3n) is 4.36. The molecule has 0 spiro atoms. The van der Waals surface area contributed by atoms with Gasteiger partial charge in [0.05, 0.1) is 18.2 Å². The van der Waals surface area contributed by atoms with E-state index in [0.717, 1.165) is 25.1 Å². The molecule has 1 aromatic carbocycles. The van der Waals surface area contributed by atoms with Crippen LogP contribution in [0.5, 0.6) is 0 Å². The minimum absolute atomic E-state index is 0.213. The van der Waals surface area contributed by atoms with Crippen LogP contribution in [0.25, 0.3) is 0 Å². The number of benzene rings is 1. The summed E-state index contributed by atoms with van der Waals surface area (Å²) in [7, 11) is 3.97. The molecule has 0 radical (unpaired) electrons. The summed E-state index contributed by atoms with van der Waals surface area (Å²) < 4.78 is 32.3. The number of nitrogens with one attached hydrogen (secondary N) is 1. The average Bonchev–Trinajstić information content (AvgIpc) is 2.59. The summed E-state index contributed by atoms with van der Waals surface area (Å²) in [6.45, 7) is 5.22. The highest BCUT2D eigenvalue weighted by Crippen LogP contribution is 2.32. The van der Waals surface area contributed by atoms with Gasteiger partial charge in [0.1, 0.15) is 0 Å². The zero-order valence-corrected chi connectivity index (χ0v) is 16.8. The second kappa shape index (κ2) is 9.23. The number of ether oxygens (including phenoxy) is 1. The molecule has 0 aliphatic carbocycles. The normalized spacial score (nSPS) is 17.4. The van der Waals surface area contributed by atoms with E-state index in [2.05, 4.69) is 10.2 Å². The quantitative estimate of drug-likeness (QED) is 0.564. The number of allylic oxidation sites excluding steroid dienone is 1. The summed E-state index contributed by atoms with van der Waals surface area (Å²) in [4.78, 5) is 16.5. The zero-order valence-electron chi connectivity index (χ0n) is 16.0. The van der Waals surface area contributed by atoms with Gasteiger partial charge in [-0.2, -0.15) is 0 Å². The maximum atomic E-state index is 13.7. The molecule has 148 valence electrons. The van der Waals surface area contributed by atoms with Crippen molar-refractivity contribution in [3.05, 3.63) is 46.7 Å². The molecule has 2 rings (SSSR count). The molecule has 0 unspecified atom stereocenters. The van der Waals surface area contributed by atoms with Crippen molar-refractivity contribution in [3.63, 3.8) is 0 Å². The Kier molecular flexibility index (Phi) is 7.26. The van der Waals surface area contributed by atoms with E-state index in [0.29, 0.717) is 28.5 Å². The molecule has 0 bridgehead atoms. The van der Waals surface area contributed by atoms with Gasteiger partial charge in [-0.25, -0.2) is 13.6 Å². The van der Waals surface area contributed by atoms with Crippen molar-refractivity contribution in [2.75, 3.05) is 33.8 Å². The van der Waals surface area contributed by atoms with Crippen molar-refractivity contribution in [1.29, 1.82) is 0 Å². The lowest BCUT2D eigenvalue weighted by Gasteiger charge is -2.37. The van der Waals surface area contributed by atoms with E-state index in [1.54, 1.807) is 13.8 Å². The van der Waals surface area contributed by atoms with Crippen LogP contribution in [0, 0.1) is 11.6 Å². The van der Waals surface area contributed by atoms with Gasteiger partial charge >= 0.3 is 5.97 Å². The topological polar surface area (TPSA) is 44.8 Å². The summed E-state index contributed by atoms with van der Waals surface area (Å²) >= 11 is 5.47. The van der Waals surface area contributed by atoms with Crippen molar-refractivity contribution in [3.8, 4) is 0 Å². The Labute approximate surface area is 164 Å². The molecule has 1 aromatic rings. The van der Waals surface area contributed by atoms with E-state index in [1.807, 2.05) is 19.0 Å². The Morgan fingerprint density at radius 3 is 2.63 bits per heavy atom. The molecule has 8 heteroatoms. The smallest absolute Gasteiger partial charge is 0.338 e.